The van der Waals surface area contributed by atoms with Crippen molar-refractivity contribution < 1.29 is 13.2 Å². The van der Waals surface area contributed by atoms with Crippen LogP contribution in [0.1, 0.15) is 29.3 Å². The molecule has 0 spiro atoms. The number of hydrogen-bond donors (Lipinski definition) is 0. The van der Waals surface area contributed by atoms with Crippen molar-refractivity contribution in [2.75, 3.05) is 26.7 Å². The van der Waals surface area contributed by atoms with Gasteiger partial charge in [0.15, 0.2) is 5.84 Å². The molecule has 1 fully saturated rings. The first kappa shape index (κ1) is 18.1. The highest BCUT2D eigenvalue weighted by atomic mass is 32.2. The van der Waals surface area contributed by atoms with Crippen LogP contribution in [0.15, 0.2) is 45.1 Å². The molecule has 0 radical (unpaired) electrons. The van der Waals surface area contributed by atoms with Crippen LogP contribution in [0.2, 0.25) is 0 Å². The SMILES string of the molecule is CN(CC(=O)N1CCCC(c2nccs2)C1)C1=NS(=O)(=O)c2ccccc21. The van der Waals surface area contributed by atoms with Crippen molar-refractivity contribution >= 4 is 33.1 Å². The number of sulfonamides is 1. The second-order valence-corrected chi connectivity index (χ2v) is 9.29. The average Bonchev–Trinajstić information content (AvgIpc) is 3.29. The summed E-state index contributed by atoms with van der Waals surface area (Å²) in [4.78, 5) is 20.9. The summed E-state index contributed by atoms with van der Waals surface area (Å²) < 4.78 is 28.3. The summed E-state index contributed by atoms with van der Waals surface area (Å²) in [7, 11) is -1.98. The lowest BCUT2D eigenvalue weighted by Gasteiger charge is -2.33. The first-order valence-corrected chi connectivity index (χ1v) is 11.1. The Morgan fingerprint density at radius 3 is 2.96 bits per heavy atom. The largest absolute Gasteiger partial charge is 0.349 e. The summed E-state index contributed by atoms with van der Waals surface area (Å²) in [6.45, 7) is 1.46. The zero-order chi connectivity index (χ0) is 19.0. The van der Waals surface area contributed by atoms with E-state index in [1.54, 1.807) is 53.7 Å². The summed E-state index contributed by atoms with van der Waals surface area (Å²) >= 11 is 1.62. The van der Waals surface area contributed by atoms with E-state index in [1.807, 2.05) is 10.3 Å². The van der Waals surface area contributed by atoms with Crippen LogP contribution in [0.25, 0.3) is 0 Å². The number of carbonyl (C=O) groups is 1. The molecule has 4 rings (SSSR count). The topological polar surface area (TPSA) is 82.9 Å². The fourth-order valence-electron chi connectivity index (χ4n) is 3.58. The molecule has 0 bridgehead atoms. The molecule has 2 aliphatic rings. The van der Waals surface area contributed by atoms with Gasteiger partial charge in [0.2, 0.25) is 5.91 Å². The normalized spacial score (nSPS) is 20.9. The Morgan fingerprint density at radius 2 is 2.19 bits per heavy atom. The number of piperidine rings is 1. The van der Waals surface area contributed by atoms with Gasteiger partial charge in [-0.3, -0.25) is 4.79 Å². The van der Waals surface area contributed by atoms with Crippen molar-refractivity contribution in [2.45, 2.75) is 23.7 Å². The summed E-state index contributed by atoms with van der Waals surface area (Å²) in [5.41, 5.74) is 0.548. The predicted octanol–water partition coefficient (Wildman–Crippen LogP) is 1.93. The Labute approximate surface area is 162 Å². The van der Waals surface area contributed by atoms with E-state index >= 15 is 0 Å². The second-order valence-electron chi connectivity index (χ2n) is 6.79. The highest BCUT2D eigenvalue weighted by Crippen LogP contribution is 2.29. The van der Waals surface area contributed by atoms with Gasteiger partial charge < -0.3 is 9.80 Å². The number of hydrogen-bond acceptors (Lipinski definition) is 6. The third-order valence-electron chi connectivity index (χ3n) is 4.92. The summed E-state index contributed by atoms with van der Waals surface area (Å²) in [6, 6.07) is 6.71. The fourth-order valence-corrected chi connectivity index (χ4v) is 5.60. The molecule has 1 aromatic carbocycles. The summed E-state index contributed by atoms with van der Waals surface area (Å²) in [6.07, 6.45) is 3.77. The quantitative estimate of drug-likeness (QED) is 0.781. The lowest BCUT2D eigenvalue weighted by Crippen LogP contribution is -2.45. The number of likely N-dealkylation sites (N-methyl/N-ethyl adjacent to an activating group) is 1. The molecule has 0 N–H and O–H groups in total. The van der Waals surface area contributed by atoms with Crippen LogP contribution in [0, 0.1) is 0 Å². The van der Waals surface area contributed by atoms with Crippen LogP contribution in [0.5, 0.6) is 0 Å². The molecule has 2 aromatic rings. The molecule has 2 aliphatic heterocycles. The van der Waals surface area contributed by atoms with E-state index < -0.39 is 10.0 Å². The highest BCUT2D eigenvalue weighted by Gasteiger charge is 2.32. The minimum absolute atomic E-state index is 0.0248. The highest BCUT2D eigenvalue weighted by molar-refractivity contribution is 7.90. The zero-order valence-electron chi connectivity index (χ0n) is 14.9. The van der Waals surface area contributed by atoms with Crippen LogP contribution in [-0.4, -0.2) is 61.6 Å². The van der Waals surface area contributed by atoms with Gasteiger partial charge >= 0.3 is 0 Å². The van der Waals surface area contributed by atoms with Gasteiger partial charge in [0, 0.05) is 43.2 Å². The lowest BCUT2D eigenvalue weighted by molar-refractivity contribution is -0.132. The first-order valence-electron chi connectivity index (χ1n) is 8.78. The fraction of sp³-hybridized carbons (Fsp3) is 0.389. The Bertz CT molecular complexity index is 986. The van der Waals surface area contributed by atoms with Gasteiger partial charge in [-0.25, -0.2) is 4.98 Å². The van der Waals surface area contributed by atoms with Gasteiger partial charge in [0.05, 0.1) is 11.6 Å². The Morgan fingerprint density at radius 1 is 1.37 bits per heavy atom. The minimum Gasteiger partial charge on any atom is -0.349 e. The number of thiazole rings is 1. The Kier molecular flexibility index (Phi) is 4.73. The van der Waals surface area contributed by atoms with Crippen molar-refractivity contribution in [3.05, 3.63) is 46.4 Å². The van der Waals surface area contributed by atoms with Crippen molar-refractivity contribution in [3.8, 4) is 0 Å². The molecule has 3 heterocycles. The molecule has 27 heavy (non-hydrogen) atoms. The molecule has 142 valence electrons. The molecule has 1 unspecified atom stereocenters. The maximum atomic E-state index is 12.8. The third kappa shape index (κ3) is 3.49. The molecule has 1 saturated heterocycles. The zero-order valence-corrected chi connectivity index (χ0v) is 16.5. The number of nitrogens with zero attached hydrogens (tertiary/aromatic N) is 4. The molecular weight excluding hydrogens is 384 g/mol. The number of amides is 1. The third-order valence-corrected chi connectivity index (χ3v) is 7.18. The van der Waals surface area contributed by atoms with Gasteiger partial charge in [-0.05, 0) is 25.0 Å². The molecule has 0 saturated carbocycles. The van der Waals surface area contributed by atoms with E-state index in [-0.39, 0.29) is 23.3 Å². The number of aromatic nitrogens is 1. The number of amidine groups is 1. The van der Waals surface area contributed by atoms with Gasteiger partial charge in [-0.2, -0.15) is 8.42 Å². The standard InChI is InChI=1S/C18H20N4O3S2/c1-21(17-14-6-2-3-7-15(14)27(24,25)20-17)12-16(23)22-9-4-5-13(11-22)18-19-8-10-26-18/h2-3,6-8,10,13H,4-5,9,11-12H2,1H3. The molecule has 1 amide bonds. The molecule has 0 aliphatic carbocycles. The van der Waals surface area contributed by atoms with E-state index in [4.69, 9.17) is 0 Å². The smallest absolute Gasteiger partial charge is 0.285 e. The van der Waals surface area contributed by atoms with Crippen molar-refractivity contribution in [3.63, 3.8) is 0 Å². The first-order chi connectivity index (χ1) is 13.0. The van der Waals surface area contributed by atoms with E-state index in [2.05, 4.69) is 9.38 Å². The molecule has 7 nitrogen and oxygen atoms in total. The van der Waals surface area contributed by atoms with Crippen LogP contribution in [-0.2, 0) is 14.8 Å². The van der Waals surface area contributed by atoms with Gasteiger partial charge in [0.1, 0.15) is 4.90 Å². The molecule has 1 aromatic heterocycles. The monoisotopic (exact) mass is 404 g/mol. The Hall–Kier alpha value is -2.26. The van der Waals surface area contributed by atoms with E-state index in [0.717, 1.165) is 24.4 Å². The van der Waals surface area contributed by atoms with Crippen LogP contribution >= 0.6 is 11.3 Å². The van der Waals surface area contributed by atoms with Gasteiger partial charge in [0.25, 0.3) is 10.0 Å². The number of fused-ring (bicyclic) bond motifs is 1. The van der Waals surface area contributed by atoms with Gasteiger partial charge in [-0.1, -0.05) is 12.1 Å². The molecule has 1 atom stereocenters. The average molecular weight is 405 g/mol. The van der Waals surface area contributed by atoms with Crippen molar-refractivity contribution in [1.29, 1.82) is 0 Å². The van der Waals surface area contributed by atoms with E-state index in [9.17, 15) is 13.2 Å². The maximum absolute atomic E-state index is 12.8. The van der Waals surface area contributed by atoms with E-state index in [1.165, 1.54) is 0 Å². The van der Waals surface area contributed by atoms with Gasteiger partial charge in [-0.15, -0.1) is 15.7 Å². The summed E-state index contributed by atoms with van der Waals surface area (Å²) in [5.74, 6) is 0.577. The lowest BCUT2D eigenvalue weighted by atomic mass is 9.98. The van der Waals surface area contributed by atoms with Crippen molar-refractivity contribution in [2.24, 2.45) is 4.40 Å². The Balaban J connectivity index is 1.47. The number of likely N-dealkylation sites (tertiary alicyclic amines) is 1. The number of benzene rings is 1. The summed E-state index contributed by atoms with van der Waals surface area (Å²) in [5, 5.41) is 3.03. The minimum atomic E-state index is -3.68. The van der Waals surface area contributed by atoms with Crippen LogP contribution in [0.3, 0.4) is 0 Å². The number of rotatable bonds is 3. The van der Waals surface area contributed by atoms with Crippen LogP contribution in [0.4, 0.5) is 0 Å². The maximum Gasteiger partial charge on any atom is 0.285 e. The molecule has 9 heteroatoms. The van der Waals surface area contributed by atoms with Crippen molar-refractivity contribution in [1.82, 2.24) is 14.8 Å². The number of carbonyl (C=O) groups excluding carboxylic acids is 1. The predicted molar refractivity (Wildman–Crippen MR) is 103 cm³/mol. The van der Waals surface area contributed by atoms with Crippen LogP contribution < -0.4 is 0 Å². The van der Waals surface area contributed by atoms with E-state index in [0.29, 0.717) is 17.9 Å². The second kappa shape index (κ2) is 7.05. The molecular formula is C18H20N4O3S2.